The zero-order valence-electron chi connectivity index (χ0n) is 8.80. The molecule has 0 aliphatic heterocycles. The molecule has 2 atom stereocenters. The quantitative estimate of drug-likeness (QED) is 0.858. The molecule has 1 aromatic rings. The van der Waals surface area contributed by atoms with E-state index in [-0.39, 0.29) is 12.1 Å². The molecule has 1 unspecified atom stereocenters. The lowest BCUT2D eigenvalue weighted by molar-refractivity contribution is 0.187. The van der Waals surface area contributed by atoms with E-state index in [1.54, 1.807) is 13.0 Å². The minimum absolute atomic E-state index is 0.121. The van der Waals surface area contributed by atoms with Gasteiger partial charge in [0.1, 0.15) is 0 Å². The first-order chi connectivity index (χ1) is 6.99. The van der Waals surface area contributed by atoms with Crippen molar-refractivity contribution in [2.75, 3.05) is 6.54 Å². The van der Waals surface area contributed by atoms with E-state index in [2.05, 4.69) is 5.32 Å². The fourth-order valence-electron chi connectivity index (χ4n) is 1.29. The maximum Gasteiger partial charge on any atom is 0.0636 e. The molecule has 0 fully saturated rings. The highest BCUT2D eigenvalue weighted by atomic mass is 35.5. The van der Waals surface area contributed by atoms with Crippen LogP contribution in [0.15, 0.2) is 18.2 Å². The largest absolute Gasteiger partial charge is 0.392 e. The van der Waals surface area contributed by atoms with Crippen molar-refractivity contribution < 1.29 is 5.11 Å². The van der Waals surface area contributed by atoms with Gasteiger partial charge in [-0.3, -0.25) is 0 Å². The second-order valence-corrected chi connectivity index (χ2v) is 4.55. The Morgan fingerprint density at radius 3 is 2.20 bits per heavy atom. The molecule has 0 aromatic heterocycles. The summed E-state index contributed by atoms with van der Waals surface area (Å²) in [4.78, 5) is 0. The zero-order valence-corrected chi connectivity index (χ0v) is 10.3. The Balaban J connectivity index is 2.68. The van der Waals surface area contributed by atoms with Crippen molar-refractivity contribution in [3.05, 3.63) is 33.8 Å². The lowest BCUT2D eigenvalue weighted by Crippen LogP contribution is -2.27. The van der Waals surface area contributed by atoms with E-state index in [9.17, 15) is 0 Å². The Bertz CT molecular complexity index is 308. The Kier molecular flexibility index (Phi) is 4.87. The first-order valence-corrected chi connectivity index (χ1v) is 5.62. The van der Waals surface area contributed by atoms with Gasteiger partial charge in [0.25, 0.3) is 0 Å². The van der Waals surface area contributed by atoms with Crippen LogP contribution in [-0.2, 0) is 0 Å². The highest BCUT2D eigenvalue weighted by Crippen LogP contribution is 2.23. The van der Waals surface area contributed by atoms with Crippen molar-refractivity contribution in [2.45, 2.75) is 26.0 Å². The van der Waals surface area contributed by atoms with E-state index >= 15 is 0 Å². The smallest absolute Gasteiger partial charge is 0.0636 e. The Hall–Kier alpha value is -0.280. The summed E-state index contributed by atoms with van der Waals surface area (Å²) in [6, 6.07) is 5.56. The lowest BCUT2D eigenvalue weighted by atomic mass is 10.1. The number of halogens is 2. The van der Waals surface area contributed by atoms with E-state index in [4.69, 9.17) is 28.3 Å². The second kappa shape index (κ2) is 5.71. The van der Waals surface area contributed by atoms with Gasteiger partial charge in [-0.05, 0) is 37.6 Å². The first kappa shape index (κ1) is 12.8. The number of nitrogens with one attached hydrogen (secondary N) is 1. The molecule has 2 nitrogen and oxygen atoms in total. The number of aliphatic hydroxyl groups excluding tert-OH is 1. The number of aliphatic hydroxyl groups is 1. The summed E-state index contributed by atoms with van der Waals surface area (Å²) in [6.45, 7) is 4.29. The SMILES string of the molecule is CC(NC[C@H](C)O)c1cc(Cl)cc(Cl)c1. The monoisotopic (exact) mass is 247 g/mol. The second-order valence-electron chi connectivity index (χ2n) is 3.68. The molecule has 4 heteroatoms. The van der Waals surface area contributed by atoms with Crippen molar-refractivity contribution in [3.8, 4) is 0 Å². The molecule has 0 saturated carbocycles. The molecule has 0 aliphatic rings. The molecule has 0 saturated heterocycles. The zero-order chi connectivity index (χ0) is 11.4. The molecule has 2 N–H and O–H groups in total. The van der Waals surface area contributed by atoms with Gasteiger partial charge in [0, 0.05) is 22.6 Å². The number of rotatable bonds is 4. The van der Waals surface area contributed by atoms with Gasteiger partial charge in [0.15, 0.2) is 0 Å². The van der Waals surface area contributed by atoms with Crippen LogP contribution >= 0.6 is 23.2 Å². The maximum atomic E-state index is 9.14. The third kappa shape index (κ3) is 4.39. The molecular formula is C11H15Cl2NO. The van der Waals surface area contributed by atoms with Crippen molar-refractivity contribution >= 4 is 23.2 Å². The van der Waals surface area contributed by atoms with E-state index in [1.165, 1.54) is 0 Å². The van der Waals surface area contributed by atoms with Crippen LogP contribution in [0.5, 0.6) is 0 Å². The maximum absolute atomic E-state index is 9.14. The van der Waals surface area contributed by atoms with Crippen molar-refractivity contribution in [3.63, 3.8) is 0 Å². The van der Waals surface area contributed by atoms with Crippen LogP contribution in [0.3, 0.4) is 0 Å². The van der Waals surface area contributed by atoms with Crippen LogP contribution in [0.2, 0.25) is 10.0 Å². The summed E-state index contributed by atoms with van der Waals surface area (Å²) < 4.78 is 0. The van der Waals surface area contributed by atoms with Crippen LogP contribution in [0, 0.1) is 0 Å². The fraction of sp³-hybridized carbons (Fsp3) is 0.455. The minimum Gasteiger partial charge on any atom is -0.392 e. The topological polar surface area (TPSA) is 32.3 Å². The van der Waals surface area contributed by atoms with E-state index < -0.39 is 0 Å². The summed E-state index contributed by atoms with van der Waals surface area (Å²) in [7, 11) is 0. The fourth-order valence-corrected chi connectivity index (χ4v) is 1.83. The third-order valence-corrected chi connectivity index (χ3v) is 2.54. The Morgan fingerprint density at radius 2 is 1.73 bits per heavy atom. The van der Waals surface area contributed by atoms with E-state index in [0.29, 0.717) is 16.6 Å². The number of hydrogen-bond donors (Lipinski definition) is 2. The molecule has 1 rings (SSSR count). The molecule has 15 heavy (non-hydrogen) atoms. The summed E-state index contributed by atoms with van der Waals surface area (Å²) in [6.07, 6.45) is -0.359. The van der Waals surface area contributed by atoms with Crippen molar-refractivity contribution in [2.24, 2.45) is 0 Å². The highest BCUT2D eigenvalue weighted by Gasteiger charge is 2.07. The standard InChI is InChI=1S/C11H15Cl2NO/c1-7(15)6-14-8(2)9-3-10(12)5-11(13)4-9/h3-5,7-8,14-15H,6H2,1-2H3/t7-,8?/m0/s1. The van der Waals surface area contributed by atoms with Gasteiger partial charge in [0.05, 0.1) is 6.10 Å². The van der Waals surface area contributed by atoms with Crippen molar-refractivity contribution in [1.29, 1.82) is 0 Å². The molecule has 84 valence electrons. The van der Waals surface area contributed by atoms with Gasteiger partial charge >= 0.3 is 0 Å². The van der Waals surface area contributed by atoms with Gasteiger partial charge in [-0.1, -0.05) is 23.2 Å². The highest BCUT2D eigenvalue weighted by molar-refractivity contribution is 6.34. The predicted octanol–water partition coefficient (Wildman–Crippen LogP) is 3.02. The summed E-state index contributed by atoms with van der Waals surface area (Å²) in [5.74, 6) is 0. The first-order valence-electron chi connectivity index (χ1n) is 4.86. The average molecular weight is 248 g/mol. The van der Waals surface area contributed by atoms with Gasteiger partial charge in [-0.15, -0.1) is 0 Å². The summed E-state index contributed by atoms with van der Waals surface area (Å²) in [5.41, 5.74) is 1.02. The Morgan fingerprint density at radius 1 is 1.20 bits per heavy atom. The van der Waals surface area contributed by atoms with Gasteiger partial charge in [-0.25, -0.2) is 0 Å². The van der Waals surface area contributed by atoms with Crippen LogP contribution in [0.1, 0.15) is 25.5 Å². The van der Waals surface area contributed by atoms with Gasteiger partial charge in [-0.2, -0.15) is 0 Å². The number of benzene rings is 1. The Labute approximate surface area is 100 Å². The molecule has 1 aromatic carbocycles. The van der Waals surface area contributed by atoms with Crippen LogP contribution in [0.25, 0.3) is 0 Å². The molecule has 0 radical (unpaired) electrons. The van der Waals surface area contributed by atoms with Crippen LogP contribution in [-0.4, -0.2) is 17.8 Å². The molecular weight excluding hydrogens is 233 g/mol. The summed E-state index contributed by atoms with van der Waals surface area (Å²) >= 11 is 11.8. The molecule has 0 heterocycles. The minimum atomic E-state index is -0.359. The summed E-state index contributed by atoms with van der Waals surface area (Å²) in [5, 5.41) is 13.6. The molecule has 0 amide bonds. The normalized spacial score (nSPS) is 15.0. The van der Waals surface area contributed by atoms with E-state index in [1.807, 2.05) is 19.1 Å². The third-order valence-electron chi connectivity index (χ3n) is 2.10. The average Bonchev–Trinajstić information content (AvgIpc) is 2.12. The molecule has 0 spiro atoms. The van der Waals surface area contributed by atoms with Gasteiger partial charge in [0.2, 0.25) is 0 Å². The predicted molar refractivity (Wildman–Crippen MR) is 64.6 cm³/mol. The van der Waals surface area contributed by atoms with Crippen LogP contribution in [0.4, 0.5) is 0 Å². The van der Waals surface area contributed by atoms with E-state index in [0.717, 1.165) is 5.56 Å². The molecule has 0 aliphatic carbocycles. The lowest BCUT2D eigenvalue weighted by Gasteiger charge is -2.16. The van der Waals surface area contributed by atoms with Gasteiger partial charge < -0.3 is 10.4 Å². The number of hydrogen-bond acceptors (Lipinski definition) is 2. The van der Waals surface area contributed by atoms with Crippen molar-refractivity contribution in [1.82, 2.24) is 5.32 Å². The van der Waals surface area contributed by atoms with Crippen LogP contribution < -0.4 is 5.32 Å². The molecule has 0 bridgehead atoms.